The maximum absolute atomic E-state index is 11.6. The van der Waals surface area contributed by atoms with Crippen LogP contribution in [0.1, 0.15) is 42.2 Å². The maximum Gasteiger partial charge on any atom is 0.312 e. The van der Waals surface area contributed by atoms with E-state index in [1.807, 2.05) is 0 Å². The Kier molecular flexibility index (Phi) is 2.81. The molecule has 0 saturated heterocycles. The molecule has 1 atom stereocenters. The van der Waals surface area contributed by atoms with E-state index in [0.717, 1.165) is 30.6 Å². The number of amides is 1. The van der Waals surface area contributed by atoms with Crippen molar-refractivity contribution in [3.05, 3.63) is 10.6 Å². The summed E-state index contributed by atoms with van der Waals surface area (Å²) in [5.41, 5.74) is 0.657. The third kappa shape index (κ3) is 2.12. The molecule has 0 unspecified atom stereocenters. The fraction of sp³-hybridized carbons (Fsp3) is 0.583. The van der Waals surface area contributed by atoms with Crippen molar-refractivity contribution in [2.75, 3.05) is 5.32 Å². The predicted molar refractivity (Wildman–Crippen MR) is 66.8 cm³/mol. The molecule has 18 heavy (non-hydrogen) atoms. The monoisotopic (exact) mass is 266 g/mol. The van der Waals surface area contributed by atoms with Gasteiger partial charge in [0.1, 0.15) is 5.92 Å². The summed E-state index contributed by atoms with van der Waals surface area (Å²) in [5, 5.41) is 12.5. The molecule has 2 aliphatic rings. The van der Waals surface area contributed by atoms with Crippen molar-refractivity contribution in [2.24, 2.45) is 5.92 Å². The number of rotatable bonds is 3. The molecule has 0 spiro atoms. The molecule has 2 aliphatic carbocycles. The second-order valence-electron chi connectivity index (χ2n) is 4.87. The lowest BCUT2D eigenvalue weighted by Gasteiger charge is -2.16. The van der Waals surface area contributed by atoms with Crippen molar-refractivity contribution in [1.82, 2.24) is 4.98 Å². The van der Waals surface area contributed by atoms with Crippen LogP contribution >= 0.6 is 11.3 Å². The third-order valence-electron chi connectivity index (χ3n) is 3.43. The number of carbonyl (C=O) groups excluding carboxylic acids is 1. The zero-order valence-corrected chi connectivity index (χ0v) is 10.6. The van der Waals surface area contributed by atoms with Crippen LogP contribution < -0.4 is 5.32 Å². The van der Waals surface area contributed by atoms with Gasteiger partial charge in [0.05, 0.1) is 5.69 Å². The second kappa shape index (κ2) is 4.35. The first-order valence-corrected chi connectivity index (χ1v) is 7.00. The molecule has 1 saturated carbocycles. The van der Waals surface area contributed by atoms with E-state index in [2.05, 4.69) is 10.3 Å². The lowest BCUT2D eigenvalue weighted by Crippen LogP contribution is -2.17. The molecule has 6 heteroatoms. The van der Waals surface area contributed by atoms with Gasteiger partial charge in [0, 0.05) is 10.8 Å². The molecule has 1 aromatic heterocycles. The highest BCUT2D eigenvalue weighted by Crippen LogP contribution is 2.37. The van der Waals surface area contributed by atoms with Gasteiger partial charge in [-0.1, -0.05) is 0 Å². The molecule has 1 heterocycles. The molecule has 1 amide bonds. The Balaban J connectivity index is 1.81. The lowest BCUT2D eigenvalue weighted by molar-refractivity contribution is -0.139. The standard InChI is InChI=1S/C12H14N2O3S/c15-10(6-4-5-6)14-12-13-9-7(11(16)17)2-1-3-8(9)18-12/h6-7H,1-5H2,(H,16,17)(H,13,14,15)/t7-/m0/s1. The summed E-state index contributed by atoms with van der Waals surface area (Å²) in [6.45, 7) is 0. The van der Waals surface area contributed by atoms with Crippen LogP contribution in [0.4, 0.5) is 5.13 Å². The summed E-state index contributed by atoms with van der Waals surface area (Å²) in [6, 6.07) is 0. The molecule has 96 valence electrons. The number of carbonyl (C=O) groups is 2. The number of carboxylic acids is 1. The van der Waals surface area contributed by atoms with Gasteiger partial charge in [0.25, 0.3) is 0 Å². The lowest BCUT2D eigenvalue weighted by atomic mass is 9.91. The molecule has 1 fully saturated rings. The fourth-order valence-corrected chi connectivity index (χ4v) is 3.33. The highest BCUT2D eigenvalue weighted by atomic mass is 32.1. The van der Waals surface area contributed by atoms with Crippen LogP contribution in [0.5, 0.6) is 0 Å². The van der Waals surface area contributed by atoms with Gasteiger partial charge in [-0.3, -0.25) is 9.59 Å². The number of nitrogens with zero attached hydrogens (tertiary/aromatic N) is 1. The highest BCUT2D eigenvalue weighted by Gasteiger charge is 2.33. The SMILES string of the molecule is O=C(Nc1nc2c(s1)CCC[C@@H]2C(=O)O)C1CC1. The number of hydrogen-bond donors (Lipinski definition) is 2. The number of hydrogen-bond acceptors (Lipinski definition) is 4. The molecule has 0 radical (unpaired) electrons. The minimum Gasteiger partial charge on any atom is -0.481 e. The average molecular weight is 266 g/mol. The average Bonchev–Trinajstić information content (AvgIpc) is 3.09. The number of aryl methyl sites for hydroxylation is 1. The summed E-state index contributed by atoms with van der Waals surface area (Å²) in [4.78, 5) is 28.1. The summed E-state index contributed by atoms with van der Waals surface area (Å²) in [7, 11) is 0. The largest absolute Gasteiger partial charge is 0.481 e. The summed E-state index contributed by atoms with van der Waals surface area (Å²) >= 11 is 1.42. The van der Waals surface area contributed by atoms with E-state index in [1.54, 1.807) is 0 Å². The zero-order chi connectivity index (χ0) is 12.7. The molecule has 0 aliphatic heterocycles. The van der Waals surface area contributed by atoms with Gasteiger partial charge >= 0.3 is 5.97 Å². The van der Waals surface area contributed by atoms with Gasteiger partial charge in [0.15, 0.2) is 5.13 Å². The maximum atomic E-state index is 11.6. The van der Waals surface area contributed by atoms with Crippen LogP contribution in [0.15, 0.2) is 0 Å². The van der Waals surface area contributed by atoms with Gasteiger partial charge in [-0.25, -0.2) is 4.98 Å². The molecular formula is C12H14N2O3S. The molecular weight excluding hydrogens is 252 g/mol. The van der Waals surface area contributed by atoms with Crippen molar-refractivity contribution in [2.45, 2.75) is 38.0 Å². The minimum absolute atomic E-state index is 0.0213. The van der Waals surface area contributed by atoms with E-state index >= 15 is 0 Å². The van der Waals surface area contributed by atoms with E-state index in [-0.39, 0.29) is 11.8 Å². The second-order valence-corrected chi connectivity index (χ2v) is 5.96. The smallest absolute Gasteiger partial charge is 0.312 e. The van der Waals surface area contributed by atoms with Gasteiger partial charge in [-0.05, 0) is 32.1 Å². The van der Waals surface area contributed by atoms with Crippen molar-refractivity contribution >= 4 is 28.3 Å². The van der Waals surface area contributed by atoms with Gasteiger partial charge in [0.2, 0.25) is 5.91 Å². The summed E-state index contributed by atoms with van der Waals surface area (Å²) < 4.78 is 0. The van der Waals surface area contributed by atoms with Crippen LogP contribution in [0.2, 0.25) is 0 Å². The molecule has 2 N–H and O–H groups in total. The molecule has 1 aromatic rings. The normalized spacial score (nSPS) is 22.3. The van der Waals surface area contributed by atoms with E-state index in [4.69, 9.17) is 5.11 Å². The fourth-order valence-electron chi connectivity index (χ4n) is 2.27. The van der Waals surface area contributed by atoms with E-state index < -0.39 is 11.9 Å². The van der Waals surface area contributed by atoms with Crippen molar-refractivity contribution in [1.29, 1.82) is 0 Å². The first kappa shape index (κ1) is 11.6. The summed E-state index contributed by atoms with van der Waals surface area (Å²) in [5.74, 6) is -1.16. The zero-order valence-electron chi connectivity index (χ0n) is 9.81. The third-order valence-corrected chi connectivity index (χ3v) is 4.48. The first-order chi connectivity index (χ1) is 8.65. The Morgan fingerprint density at radius 1 is 1.33 bits per heavy atom. The van der Waals surface area contributed by atoms with Gasteiger partial charge in [-0.15, -0.1) is 11.3 Å². The molecule has 0 bridgehead atoms. The van der Waals surface area contributed by atoms with Crippen LogP contribution in [-0.4, -0.2) is 22.0 Å². The number of fused-ring (bicyclic) bond motifs is 1. The Labute approximate surface area is 108 Å². The minimum atomic E-state index is -0.818. The number of anilines is 1. The predicted octanol–water partition coefficient (Wildman–Crippen LogP) is 2.00. The Bertz CT molecular complexity index is 507. The van der Waals surface area contributed by atoms with Crippen molar-refractivity contribution < 1.29 is 14.7 Å². The van der Waals surface area contributed by atoms with E-state index in [0.29, 0.717) is 17.2 Å². The Morgan fingerprint density at radius 2 is 2.11 bits per heavy atom. The van der Waals surface area contributed by atoms with Crippen LogP contribution in [0.25, 0.3) is 0 Å². The number of thiazole rings is 1. The Hall–Kier alpha value is -1.43. The molecule has 5 nitrogen and oxygen atoms in total. The van der Waals surface area contributed by atoms with E-state index in [9.17, 15) is 9.59 Å². The quantitative estimate of drug-likeness (QED) is 0.877. The number of aliphatic carboxylic acids is 1. The Morgan fingerprint density at radius 3 is 2.78 bits per heavy atom. The van der Waals surface area contributed by atoms with Gasteiger partial charge in [-0.2, -0.15) is 0 Å². The van der Waals surface area contributed by atoms with Crippen molar-refractivity contribution in [3.63, 3.8) is 0 Å². The van der Waals surface area contributed by atoms with Crippen LogP contribution in [-0.2, 0) is 16.0 Å². The number of aromatic nitrogens is 1. The molecule has 3 rings (SSSR count). The number of carboxylic acid groups (broad SMARTS) is 1. The van der Waals surface area contributed by atoms with E-state index in [1.165, 1.54) is 11.3 Å². The first-order valence-electron chi connectivity index (χ1n) is 6.18. The summed E-state index contributed by atoms with van der Waals surface area (Å²) in [6.07, 6.45) is 4.30. The van der Waals surface area contributed by atoms with Crippen LogP contribution in [0.3, 0.4) is 0 Å². The highest BCUT2D eigenvalue weighted by molar-refractivity contribution is 7.15. The molecule has 0 aromatic carbocycles. The topological polar surface area (TPSA) is 79.3 Å². The van der Waals surface area contributed by atoms with Crippen LogP contribution in [0, 0.1) is 5.92 Å². The van der Waals surface area contributed by atoms with Crippen molar-refractivity contribution in [3.8, 4) is 0 Å². The van der Waals surface area contributed by atoms with Gasteiger partial charge < -0.3 is 10.4 Å². The number of nitrogens with one attached hydrogen (secondary N) is 1.